The summed E-state index contributed by atoms with van der Waals surface area (Å²) >= 11 is 5.94. The molecule has 0 saturated heterocycles. The molecule has 0 aliphatic rings. The highest BCUT2D eigenvalue weighted by Gasteiger charge is 2.15. The lowest BCUT2D eigenvalue weighted by Gasteiger charge is -2.20. The monoisotopic (exact) mass is 461 g/mol. The SMILES string of the molecule is C=C[C@@](C)(/C=C/c1ccc(OCc2cn(Cc3ccc(Cl)cc3)nn2)cc1)CCC=C(C)C. The van der Waals surface area contributed by atoms with Gasteiger partial charge in [0.25, 0.3) is 0 Å². The number of benzene rings is 2. The summed E-state index contributed by atoms with van der Waals surface area (Å²) in [5.41, 5.74) is 4.35. The summed E-state index contributed by atoms with van der Waals surface area (Å²) in [6.07, 6.45) is 12.7. The molecule has 1 heterocycles. The highest BCUT2D eigenvalue weighted by molar-refractivity contribution is 6.30. The van der Waals surface area contributed by atoms with Crippen LogP contribution in [0.4, 0.5) is 0 Å². The molecule has 1 atom stereocenters. The Morgan fingerprint density at radius 3 is 2.52 bits per heavy atom. The molecule has 0 aliphatic carbocycles. The molecule has 0 unspecified atom stereocenters. The normalized spacial score (nSPS) is 13.0. The Morgan fingerprint density at radius 2 is 1.85 bits per heavy atom. The second kappa shape index (κ2) is 11.7. The first-order chi connectivity index (χ1) is 15.8. The van der Waals surface area contributed by atoms with Gasteiger partial charge in [-0.2, -0.15) is 0 Å². The van der Waals surface area contributed by atoms with E-state index in [-0.39, 0.29) is 5.41 Å². The highest BCUT2D eigenvalue weighted by Crippen LogP contribution is 2.28. The number of hydrogen-bond donors (Lipinski definition) is 0. The third-order valence-corrected chi connectivity index (χ3v) is 5.72. The fourth-order valence-electron chi connectivity index (χ4n) is 3.30. The molecule has 0 bridgehead atoms. The van der Waals surface area contributed by atoms with E-state index in [4.69, 9.17) is 16.3 Å². The number of ether oxygens (including phenoxy) is 1. The molecule has 0 amide bonds. The molecule has 0 saturated carbocycles. The Kier molecular flexibility index (Phi) is 8.67. The molecule has 3 rings (SSSR count). The van der Waals surface area contributed by atoms with Crippen LogP contribution in [0.2, 0.25) is 5.02 Å². The maximum atomic E-state index is 5.94. The predicted octanol–water partition coefficient (Wildman–Crippen LogP) is 7.51. The van der Waals surface area contributed by atoms with Crippen LogP contribution in [0.15, 0.2) is 85.1 Å². The number of rotatable bonds is 11. The molecule has 5 heteroatoms. The van der Waals surface area contributed by atoms with Crippen molar-refractivity contribution in [1.29, 1.82) is 0 Å². The van der Waals surface area contributed by atoms with Crippen LogP contribution < -0.4 is 4.74 Å². The lowest BCUT2D eigenvalue weighted by atomic mass is 9.84. The summed E-state index contributed by atoms with van der Waals surface area (Å²) in [5.74, 6) is 0.800. The fraction of sp³-hybridized carbons (Fsp3) is 0.286. The van der Waals surface area contributed by atoms with Gasteiger partial charge in [0, 0.05) is 10.4 Å². The standard InChI is InChI=1S/C28H32ClN3O/c1-5-28(4,17-6-7-22(2)3)18-16-23-10-14-27(15-11-23)33-21-26-20-32(31-30-26)19-24-8-12-25(29)13-9-24/h5,7-16,18,20H,1,6,17,19,21H2,2-4H3/b18-16+/t28-/m1/s1. The van der Waals surface area contributed by atoms with Gasteiger partial charge in [0.15, 0.2) is 0 Å². The van der Waals surface area contributed by atoms with Crippen molar-refractivity contribution < 1.29 is 4.74 Å². The minimum atomic E-state index is -0.0288. The predicted molar refractivity (Wildman–Crippen MR) is 137 cm³/mol. The molecule has 0 fully saturated rings. The summed E-state index contributed by atoms with van der Waals surface area (Å²) in [6.45, 7) is 11.5. The fourth-order valence-corrected chi connectivity index (χ4v) is 3.43. The largest absolute Gasteiger partial charge is 0.487 e. The lowest BCUT2D eigenvalue weighted by molar-refractivity contribution is 0.301. The van der Waals surface area contributed by atoms with Gasteiger partial charge in [0.1, 0.15) is 18.1 Å². The number of aromatic nitrogens is 3. The number of hydrogen-bond acceptors (Lipinski definition) is 3. The third kappa shape index (κ3) is 8.07. The first-order valence-corrected chi connectivity index (χ1v) is 11.6. The van der Waals surface area contributed by atoms with Gasteiger partial charge in [-0.25, -0.2) is 4.68 Å². The topological polar surface area (TPSA) is 39.9 Å². The van der Waals surface area contributed by atoms with E-state index in [2.05, 4.69) is 68.0 Å². The Balaban J connectivity index is 1.52. The van der Waals surface area contributed by atoms with Crippen molar-refractivity contribution in [2.24, 2.45) is 5.41 Å². The summed E-state index contributed by atoms with van der Waals surface area (Å²) in [7, 11) is 0. The summed E-state index contributed by atoms with van der Waals surface area (Å²) in [6, 6.07) is 15.8. The first-order valence-electron chi connectivity index (χ1n) is 11.2. The number of halogens is 1. The van der Waals surface area contributed by atoms with Gasteiger partial charge in [-0.1, -0.05) is 77.9 Å². The van der Waals surface area contributed by atoms with E-state index in [1.54, 1.807) is 4.68 Å². The van der Waals surface area contributed by atoms with Gasteiger partial charge in [-0.05, 0) is 62.1 Å². The molecular weight excluding hydrogens is 430 g/mol. The van der Waals surface area contributed by atoms with Crippen LogP contribution in [-0.4, -0.2) is 15.0 Å². The zero-order valence-corrected chi connectivity index (χ0v) is 20.4. The zero-order valence-electron chi connectivity index (χ0n) is 19.7. The van der Waals surface area contributed by atoms with Gasteiger partial charge in [0.05, 0.1) is 12.7 Å². The van der Waals surface area contributed by atoms with E-state index in [0.717, 1.165) is 40.4 Å². The van der Waals surface area contributed by atoms with Crippen molar-refractivity contribution >= 4 is 17.7 Å². The van der Waals surface area contributed by atoms with Crippen LogP contribution >= 0.6 is 11.6 Å². The number of allylic oxidation sites excluding steroid dienone is 4. The van der Waals surface area contributed by atoms with Gasteiger partial charge in [-0.15, -0.1) is 11.7 Å². The van der Waals surface area contributed by atoms with Crippen molar-refractivity contribution in [1.82, 2.24) is 15.0 Å². The van der Waals surface area contributed by atoms with Crippen molar-refractivity contribution in [3.63, 3.8) is 0 Å². The Labute approximate surface area is 202 Å². The van der Waals surface area contributed by atoms with E-state index in [9.17, 15) is 0 Å². The quantitative estimate of drug-likeness (QED) is 0.277. The Morgan fingerprint density at radius 1 is 1.12 bits per heavy atom. The first kappa shape index (κ1) is 24.5. The van der Waals surface area contributed by atoms with Crippen LogP contribution in [0, 0.1) is 5.41 Å². The van der Waals surface area contributed by atoms with Gasteiger partial charge >= 0.3 is 0 Å². The minimum absolute atomic E-state index is 0.0288. The molecule has 3 aromatic rings. The van der Waals surface area contributed by atoms with E-state index in [0.29, 0.717) is 13.2 Å². The second-order valence-corrected chi connectivity index (χ2v) is 9.19. The average molecular weight is 462 g/mol. The molecule has 172 valence electrons. The van der Waals surface area contributed by atoms with E-state index in [1.807, 2.05) is 48.7 Å². The summed E-state index contributed by atoms with van der Waals surface area (Å²) in [4.78, 5) is 0. The van der Waals surface area contributed by atoms with E-state index >= 15 is 0 Å². The Hall–Kier alpha value is -3.11. The summed E-state index contributed by atoms with van der Waals surface area (Å²) in [5, 5.41) is 9.10. The highest BCUT2D eigenvalue weighted by atomic mass is 35.5. The second-order valence-electron chi connectivity index (χ2n) is 8.76. The van der Waals surface area contributed by atoms with Crippen LogP contribution in [0.1, 0.15) is 50.4 Å². The molecular formula is C28H32ClN3O. The van der Waals surface area contributed by atoms with Crippen molar-refractivity contribution in [3.05, 3.63) is 107 Å². The minimum Gasteiger partial charge on any atom is -0.487 e. The van der Waals surface area contributed by atoms with E-state index in [1.165, 1.54) is 5.57 Å². The van der Waals surface area contributed by atoms with Crippen LogP contribution in [0.3, 0.4) is 0 Å². The maximum absolute atomic E-state index is 5.94. The Bertz CT molecular complexity index is 1090. The van der Waals surface area contributed by atoms with Crippen molar-refractivity contribution in [2.75, 3.05) is 0 Å². The van der Waals surface area contributed by atoms with Crippen LogP contribution in [0.25, 0.3) is 6.08 Å². The lowest BCUT2D eigenvalue weighted by Crippen LogP contribution is -2.08. The van der Waals surface area contributed by atoms with Crippen molar-refractivity contribution in [3.8, 4) is 5.75 Å². The summed E-state index contributed by atoms with van der Waals surface area (Å²) < 4.78 is 7.68. The van der Waals surface area contributed by atoms with Crippen LogP contribution in [-0.2, 0) is 13.2 Å². The zero-order chi connectivity index (χ0) is 23.7. The van der Waals surface area contributed by atoms with Crippen molar-refractivity contribution in [2.45, 2.75) is 46.8 Å². The average Bonchev–Trinajstić information content (AvgIpc) is 3.25. The molecule has 0 radical (unpaired) electrons. The molecule has 0 aliphatic heterocycles. The molecule has 1 aromatic heterocycles. The van der Waals surface area contributed by atoms with E-state index < -0.39 is 0 Å². The van der Waals surface area contributed by atoms with Gasteiger partial charge in [-0.3, -0.25) is 0 Å². The van der Waals surface area contributed by atoms with Gasteiger partial charge in [0.2, 0.25) is 0 Å². The molecule has 2 aromatic carbocycles. The maximum Gasteiger partial charge on any atom is 0.134 e. The van der Waals surface area contributed by atoms with Crippen LogP contribution in [0.5, 0.6) is 5.75 Å². The molecule has 33 heavy (non-hydrogen) atoms. The van der Waals surface area contributed by atoms with Gasteiger partial charge < -0.3 is 4.74 Å². The molecule has 4 nitrogen and oxygen atoms in total. The smallest absolute Gasteiger partial charge is 0.134 e. The molecule has 0 N–H and O–H groups in total. The molecule has 0 spiro atoms. The number of nitrogens with zero attached hydrogens (tertiary/aromatic N) is 3. The third-order valence-electron chi connectivity index (χ3n) is 5.47.